The predicted molar refractivity (Wildman–Crippen MR) is 126 cm³/mol. The summed E-state index contributed by atoms with van der Waals surface area (Å²) >= 11 is 0. The van der Waals surface area contributed by atoms with Crippen LogP contribution in [0, 0.1) is 0 Å². The first-order valence-corrected chi connectivity index (χ1v) is 12.2. The van der Waals surface area contributed by atoms with E-state index in [4.69, 9.17) is 0 Å². The molecule has 2 aromatic carbocycles. The molecule has 2 bridgehead atoms. The summed E-state index contributed by atoms with van der Waals surface area (Å²) < 4.78 is 31.7. The molecule has 31 heavy (non-hydrogen) atoms. The van der Waals surface area contributed by atoms with Gasteiger partial charge in [-0.05, 0) is 49.6 Å². The second-order valence-corrected chi connectivity index (χ2v) is 10.5. The zero-order chi connectivity index (χ0) is 20.6. The lowest BCUT2D eigenvalue weighted by atomic mass is 9.99. The Morgan fingerprint density at radius 2 is 1.87 bits per heavy atom. The molecule has 2 aromatic heterocycles. The van der Waals surface area contributed by atoms with Crippen molar-refractivity contribution >= 4 is 44.1 Å². The SMILES string of the molecule is CCn1cc(S(=O)(=O)c2ccc3c(c2)c2c(n3C)CC3CCC2N3)c2ccccc21.Cl. The molecule has 0 aliphatic carbocycles. The van der Waals surface area contributed by atoms with Gasteiger partial charge in [-0.15, -0.1) is 12.4 Å². The van der Waals surface area contributed by atoms with E-state index < -0.39 is 9.84 Å². The quantitative estimate of drug-likeness (QED) is 0.484. The number of nitrogens with one attached hydrogen (secondary N) is 1. The fraction of sp³-hybridized carbons (Fsp3) is 0.333. The molecule has 1 N–H and O–H groups in total. The van der Waals surface area contributed by atoms with Gasteiger partial charge < -0.3 is 14.5 Å². The molecule has 0 saturated carbocycles. The van der Waals surface area contributed by atoms with Gasteiger partial charge in [-0.2, -0.15) is 0 Å². The van der Waals surface area contributed by atoms with Crippen molar-refractivity contribution in [3.8, 4) is 0 Å². The van der Waals surface area contributed by atoms with Gasteiger partial charge in [0.25, 0.3) is 0 Å². The standard InChI is InChI=1S/C24H25N3O2S.ClH/c1-3-27-14-23(17-6-4-5-7-21(17)27)30(28,29)16-9-11-20-18(13-16)24-19-10-8-15(25-19)12-22(24)26(20)2;/h4-7,9,11,13-15,19,25H,3,8,10,12H2,1-2H3;1H. The Kier molecular flexibility index (Phi) is 4.73. The number of benzene rings is 2. The molecule has 2 atom stereocenters. The molecular weight excluding hydrogens is 430 g/mol. The molecule has 6 rings (SSSR count). The maximum atomic E-state index is 13.7. The monoisotopic (exact) mass is 455 g/mol. The Bertz CT molecular complexity index is 1430. The minimum absolute atomic E-state index is 0. The Morgan fingerprint density at radius 1 is 1.06 bits per heavy atom. The average Bonchev–Trinajstić information content (AvgIpc) is 3.41. The number of aryl methyl sites for hydroxylation is 2. The first-order chi connectivity index (χ1) is 14.5. The minimum atomic E-state index is -3.63. The van der Waals surface area contributed by atoms with Crippen LogP contribution in [-0.4, -0.2) is 23.6 Å². The van der Waals surface area contributed by atoms with E-state index in [9.17, 15) is 8.42 Å². The number of nitrogens with zero attached hydrogens (tertiary/aromatic N) is 2. The summed E-state index contributed by atoms with van der Waals surface area (Å²) in [5, 5.41) is 5.57. The molecule has 4 aromatic rings. The van der Waals surface area contributed by atoms with Crippen molar-refractivity contribution in [2.45, 2.75) is 54.6 Å². The Balaban J connectivity index is 0.00000204. The van der Waals surface area contributed by atoms with Gasteiger partial charge >= 0.3 is 0 Å². The highest BCUT2D eigenvalue weighted by Crippen LogP contribution is 2.42. The van der Waals surface area contributed by atoms with E-state index in [2.05, 4.69) is 16.9 Å². The Hall–Kier alpha value is -2.28. The van der Waals surface area contributed by atoms with Crippen LogP contribution in [-0.2, 0) is 29.9 Å². The number of para-hydroxylation sites is 1. The minimum Gasteiger partial charge on any atom is -0.347 e. The van der Waals surface area contributed by atoms with Gasteiger partial charge in [-0.1, -0.05) is 18.2 Å². The highest BCUT2D eigenvalue weighted by atomic mass is 35.5. The molecule has 4 heterocycles. The van der Waals surface area contributed by atoms with Crippen molar-refractivity contribution in [2.24, 2.45) is 7.05 Å². The maximum Gasteiger partial charge on any atom is 0.208 e. The van der Waals surface area contributed by atoms with E-state index >= 15 is 0 Å². The zero-order valence-electron chi connectivity index (χ0n) is 17.6. The van der Waals surface area contributed by atoms with Gasteiger partial charge in [-0.25, -0.2) is 8.42 Å². The van der Waals surface area contributed by atoms with E-state index in [1.54, 1.807) is 12.3 Å². The van der Waals surface area contributed by atoms with Crippen LogP contribution in [0.4, 0.5) is 0 Å². The van der Waals surface area contributed by atoms with Crippen LogP contribution in [0.5, 0.6) is 0 Å². The van der Waals surface area contributed by atoms with Gasteiger partial charge in [-0.3, -0.25) is 0 Å². The van der Waals surface area contributed by atoms with Gasteiger partial charge in [0, 0.05) is 65.8 Å². The van der Waals surface area contributed by atoms with Crippen LogP contribution in [0.25, 0.3) is 21.8 Å². The number of hydrogen-bond acceptors (Lipinski definition) is 3. The molecule has 0 spiro atoms. The molecule has 162 valence electrons. The number of fused-ring (bicyclic) bond motifs is 7. The highest BCUT2D eigenvalue weighted by Gasteiger charge is 2.36. The van der Waals surface area contributed by atoms with Crippen molar-refractivity contribution in [1.82, 2.24) is 14.5 Å². The van der Waals surface area contributed by atoms with Crippen molar-refractivity contribution in [1.29, 1.82) is 0 Å². The van der Waals surface area contributed by atoms with Gasteiger partial charge in [0.1, 0.15) is 0 Å². The van der Waals surface area contributed by atoms with Crippen LogP contribution in [0.1, 0.15) is 37.1 Å². The number of aromatic nitrogens is 2. The zero-order valence-corrected chi connectivity index (χ0v) is 19.3. The van der Waals surface area contributed by atoms with Crippen LogP contribution in [0.3, 0.4) is 0 Å². The predicted octanol–water partition coefficient (Wildman–Crippen LogP) is 4.76. The lowest BCUT2D eigenvalue weighted by Crippen LogP contribution is -2.32. The van der Waals surface area contributed by atoms with Gasteiger partial charge in [0.05, 0.1) is 9.79 Å². The third kappa shape index (κ3) is 2.81. The normalized spacial score (nSPS) is 20.2. The molecule has 1 saturated heterocycles. The highest BCUT2D eigenvalue weighted by molar-refractivity contribution is 7.91. The molecular formula is C24H26ClN3O2S. The lowest BCUT2D eigenvalue weighted by molar-refractivity contribution is 0.503. The molecule has 7 heteroatoms. The smallest absolute Gasteiger partial charge is 0.208 e. The van der Waals surface area contributed by atoms with Crippen molar-refractivity contribution in [3.63, 3.8) is 0 Å². The summed E-state index contributed by atoms with van der Waals surface area (Å²) in [6, 6.07) is 14.3. The second-order valence-electron chi connectivity index (χ2n) is 8.60. The molecule has 5 nitrogen and oxygen atoms in total. The summed E-state index contributed by atoms with van der Waals surface area (Å²) in [6.45, 7) is 2.77. The second kappa shape index (κ2) is 7.12. The topological polar surface area (TPSA) is 56.0 Å². The number of halogens is 1. The fourth-order valence-electron chi connectivity index (χ4n) is 5.56. The molecule has 0 amide bonds. The largest absolute Gasteiger partial charge is 0.347 e. The number of hydrogen-bond donors (Lipinski definition) is 1. The van der Waals surface area contributed by atoms with E-state index in [0.717, 1.165) is 41.2 Å². The van der Waals surface area contributed by atoms with E-state index in [-0.39, 0.29) is 12.4 Å². The van der Waals surface area contributed by atoms with E-state index in [1.165, 1.54) is 17.7 Å². The third-order valence-corrected chi connectivity index (χ3v) is 8.84. The molecule has 0 radical (unpaired) electrons. The van der Waals surface area contributed by atoms with Gasteiger partial charge in [0.2, 0.25) is 9.84 Å². The van der Waals surface area contributed by atoms with E-state index in [1.807, 2.05) is 47.9 Å². The number of rotatable bonds is 3. The summed E-state index contributed by atoms with van der Waals surface area (Å²) in [6.07, 6.45) is 5.12. The van der Waals surface area contributed by atoms with Gasteiger partial charge in [0.15, 0.2) is 0 Å². The fourth-order valence-corrected chi connectivity index (χ4v) is 7.07. The molecule has 2 unspecified atom stereocenters. The molecule has 1 fully saturated rings. The third-order valence-electron chi connectivity index (χ3n) is 7.06. The van der Waals surface area contributed by atoms with E-state index in [0.29, 0.717) is 21.9 Å². The summed E-state index contributed by atoms with van der Waals surface area (Å²) in [5.74, 6) is 0. The Labute approximate surface area is 188 Å². The van der Waals surface area contributed by atoms with Crippen molar-refractivity contribution in [2.75, 3.05) is 0 Å². The maximum absolute atomic E-state index is 13.7. The van der Waals surface area contributed by atoms with Crippen LogP contribution in [0.2, 0.25) is 0 Å². The first kappa shape index (κ1) is 20.6. The van der Waals surface area contributed by atoms with Crippen molar-refractivity contribution in [3.05, 3.63) is 59.9 Å². The lowest BCUT2D eigenvalue weighted by Gasteiger charge is -2.23. The molecule has 2 aliphatic rings. The van der Waals surface area contributed by atoms with Crippen LogP contribution >= 0.6 is 12.4 Å². The Morgan fingerprint density at radius 3 is 2.68 bits per heavy atom. The summed E-state index contributed by atoms with van der Waals surface area (Å²) in [7, 11) is -1.52. The molecule has 2 aliphatic heterocycles. The number of sulfone groups is 1. The van der Waals surface area contributed by atoms with Crippen LogP contribution < -0.4 is 5.32 Å². The van der Waals surface area contributed by atoms with Crippen molar-refractivity contribution < 1.29 is 8.42 Å². The summed E-state index contributed by atoms with van der Waals surface area (Å²) in [5.41, 5.74) is 4.73. The first-order valence-electron chi connectivity index (χ1n) is 10.7. The van der Waals surface area contributed by atoms with Crippen LogP contribution in [0.15, 0.2) is 58.5 Å². The average molecular weight is 456 g/mol. The summed E-state index contributed by atoms with van der Waals surface area (Å²) in [4.78, 5) is 0.769.